The average molecular weight is 284 g/mol. The lowest BCUT2D eigenvalue weighted by atomic mass is 9.85. The van der Waals surface area contributed by atoms with E-state index in [4.69, 9.17) is 16.3 Å². The van der Waals surface area contributed by atoms with Crippen LogP contribution in [0.2, 0.25) is 5.28 Å². The molecular formula is C14H22ClN3O. The Hall–Kier alpha value is -0.610. The van der Waals surface area contributed by atoms with Gasteiger partial charge in [-0.3, -0.25) is 4.57 Å². The van der Waals surface area contributed by atoms with Crippen LogP contribution in [0.5, 0.6) is 0 Å². The van der Waals surface area contributed by atoms with Crippen LogP contribution in [0.25, 0.3) is 0 Å². The molecule has 1 aliphatic carbocycles. The Morgan fingerprint density at radius 1 is 1.26 bits per heavy atom. The number of aromatic nitrogens is 3. The van der Waals surface area contributed by atoms with Crippen molar-refractivity contribution >= 4 is 11.6 Å². The summed E-state index contributed by atoms with van der Waals surface area (Å²) in [5, 5.41) is 8.93. The third kappa shape index (κ3) is 2.40. The van der Waals surface area contributed by atoms with Gasteiger partial charge in [0.2, 0.25) is 5.28 Å². The van der Waals surface area contributed by atoms with Crippen LogP contribution >= 0.6 is 11.6 Å². The molecule has 2 fully saturated rings. The zero-order valence-electron chi connectivity index (χ0n) is 11.7. The van der Waals surface area contributed by atoms with Crippen molar-refractivity contribution in [1.29, 1.82) is 0 Å². The molecule has 0 radical (unpaired) electrons. The molecule has 1 unspecified atom stereocenters. The second-order valence-electron chi connectivity index (χ2n) is 5.86. The van der Waals surface area contributed by atoms with Gasteiger partial charge in [-0.1, -0.05) is 13.8 Å². The van der Waals surface area contributed by atoms with Gasteiger partial charge in [0.25, 0.3) is 0 Å². The summed E-state index contributed by atoms with van der Waals surface area (Å²) in [5.41, 5.74) is 0.0112. The molecule has 5 heteroatoms. The van der Waals surface area contributed by atoms with Gasteiger partial charge in [-0.05, 0) is 50.1 Å². The Kier molecular flexibility index (Phi) is 3.56. The predicted octanol–water partition coefficient (Wildman–Crippen LogP) is 3.72. The number of hydrogen-bond acceptors (Lipinski definition) is 3. The van der Waals surface area contributed by atoms with Gasteiger partial charge in [-0.2, -0.15) is 0 Å². The fourth-order valence-electron chi connectivity index (χ4n) is 3.21. The third-order valence-electron chi connectivity index (χ3n) is 4.74. The van der Waals surface area contributed by atoms with Crippen molar-refractivity contribution in [2.75, 3.05) is 6.61 Å². The van der Waals surface area contributed by atoms with Crippen LogP contribution in [0.3, 0.4) is 0 Å². The molecule has 1 aliphatic heterocycles. The quantitative estimate of drug-likeness (QED) is 0.845. The lowest BCUT2D eigenvalue weighted by Gasteiger charge is -2.40. The SMILES string of the molecule is CCC1(CC)CC(n2c(Cl)nnc2C2CC2)CCO1. The Bertz CT molecular complexity index is 452. The Balaban J connectivity index is 1.87. The highest BCUT2D eigenvalue weighted by molar-refractivity contribution is 6.28. The summed E-state index contributed by atoms with van der Waals surface area (Å²) in [6.45, 7) is 5.23. The summed E-state index contributed by atoms with van der Waals surface area (Å²) >= 11 is 6.28. The van der Waals surface area contributed by atoms with Crippen molar-refractivity contribution in [2.24, 2.45) is 0 Å². The van der Waals surface area contributed by atoms with Crippen LogP contribution in [-0.2, 0) is 4.74 Å². The van der Waals surface area contributed by atoms with E-state index in [2.05, 4.69) is 28.6 Å². The van der Waals surface area contributed by atoms with E-state index in [1.807, 2.05) is 0 Å². The van der Waals surface area contributed by atoms with E-state index in [0.29, 0.717) is 17.2 Å². The van der Waals surface area contributed by atoms with Crippen LogP contribution in [0.4, 0.5) is 0 Å². The van der Waals surface area contributed by atoms with Crippen LogP contribution in [0.1, 0.15) is 70.2 Å². The molecular weight excluding hydrogens is 262 g/mol. The highest BCUT2D eigenvalue weighted by Crippen LogP contribution is 2.44. The van der Waals surface area contributed by atoms with Gasteiger partial charge >= 0.3 is 0 Å². The van der Waals surface area contributed by atoms with Gasteiger partial charge in [0.15, 0.2) is 0 Å². The second-order valence-corrected chi connectivity index (χ2v) is 6.19. The molecule has 106 valence electrons. The normalized spacial score (nSPS) is 26.6. The molecule has 1 atom stereocenters. The first-order valence-corrected chi connectivity index (χ1v) is 7.81. The minimum absolute atomic E-state index is 0.0112. The van der Waals surface area contributed by atoms with E-state index in [9.17, 15) is 0 Å². The van der Waals surface area contributed by atoms with Crippen molar-refractivity contribution < 1.29 is 4.74 Å². The van der Waals surface area contributed by atoms with E-state index in [1.165, 1.54) is 12.8 Å². The van der Waals surface area contributed by atoms with Gasteiger partial charge in [0.05, 0.1) is 5.60 Å². The average Bonchev–Trinajstić information content (AvgIpc) is 3.22. The second kappa shape index (κ2) is 5.06. The molecule has 4 nitrogen and oxygen atoms in total. The zero-order chi connectivity index (χ0) is 13.5. The van der Waals surface area contributed by atoms with Gasteiger partial charge in [0, 0.05) is 18.6 Å². The van der Waals surface area contributed by atoms with Gasteiger partial charge < -0.3 is 4.74 Å². The molecule has 0 amide bonds. The van der Waals surface area contributed by atoms with Crippen molar-refractivity contribution in [1.82, 2.24) is 14.8 Å². The van der Waals surface area contributed by atoms with Crippen molar-refractivity contribution in [3.8, 4) is 0 Å². The van der Waals surface area contributed by atoms with Crippen molar-refractivity contribution in [2.45, 2.75) is 69.9 Å². The minimum atomic E-state index is 0.0112. The predicted molar refractivity (Wildman–Crippen MR) is 74.5 cm³/mol. The molecule has 1 saturated heterocycles. The van der Waals surface area contributed by atoms with Gasteiger partial charge in [-0.15, -0.1) is 10.2 Å². The number of nitrogens with zero attached hydrogens (tertiary/aromatic N) is 3. The van der Waals surface area contributed by atoms with Crippen LogP contribution in [-0.4, -0.2) is 27.0 Å². The van der Waals surface area contributed by atoms with E-state index in [-0.39, 0.29) is 5.60 Å². The number of hydrogen-bond donors (Lipinski definition) is 0. The van der Waals surface area contributed by atoms with Crippen LogP contribution in [0.15, 0.2) is 0 Å². The Labute approximate surface area is 119 Å². The molecule has 1 aromatic heterocycles. The number of ether oxygens (including phenoxy) is 1. The summed E-state index contributed by atoms with van der Waals surface area (Å²) in [6, 6.07) is 0.395. The van der Waals surface area contributed by atoms with Crippen LogP contribution in [0, 0.1) is 0 Å². The van der Waals surface area contributed by atoms with E-state index in [1.54, 1.807) is 0 Å². The topological polar surface area (TPSA) is 39.9 Å². The first-order valence-electron chi connectivity index (χ1n) is 7.43. The maximum Gasteiger partial charge on any atom is 0.225 e. The molecule has 0 spiro atoms. The molecule has 1 aromatic rings. The van der Waals surface area contributed by atoms with Gasteiger partial charge in [-0.25, -0.2) is 0 Å². The number of rotatable bonds is 4. The fourth-order valence-corrected chi connectivity index (χ4v) is 3.47. The molecule has 3 rings (SSSR count). The van der Waals surface area contributed by atoms with Crippen molar-refractivity contribution in [3.63, 3.8) is 0 Å². The van der Waals surface area contributed by atoms with E-state index in [0.717, 1.165) is 38.1 Å². The maximum atomic E-state index is 6.28. The summed E-state index contributed by atoms with van der Waals surface area (Å²) in [6.07, 6.45) is 6.60. The maximum absolute atomic E-state index is 6.28. The van der Waals surface area contributed by atoms with E-state index < -0.39 is 0 Å². The lowest BCUT2D eigenvalue weighted by molar-refractivity contribution is -0.0989. The van der Waals surface area contributed by atoms with Gasteiger partial charge in [0.1, 0.15) is 5.82 Å². The third-order valence-corrected chi connectivity index (χ3v) is 5.00. The molecule has 2 heterocycles. The summed E-state index contributed by atoms with van der Waals surface area (Å²) < 4.78 is 8.23. The minimum Gasteiger partial charge on any atom is -0.375 e. The molecule has 0 bridgehead atoms. The molecule has 0 aromatic carbocycles. The Morgan fingerprint density at radius 3 is 2.63 bits per heavy atom. The summed E-state index contributed by atoms with van der Waals surface area (Å²) in [7, 11) is 0. The number of halogens is 1. The monoisotopic (exact) mass is 283 g/mol. The van der Waals surface area contributed by atoms with Crippen LogP contribution < -0.4 is 0 Å². The summed E-state index contributed by atoms with van der Waals surface area (Å²) in [5.74, 6) is 1.68. The molecule has 2 aliphatic rings. The largest absolute Gasteiger partial charge is 0.375 e. The lowest BCUT2D eigenvalue weighted by Crippen LogP contribution is -2.39. The zero-order valence-corrected chi connectivity index (χ0v) is 12.5. The standard InChI is InChI=1S/C14H22ClN3O/c1-3-14(4-2)9-11(7-8-19-14)18-12(10-5-6-10)16-17-13(18)15/h10-11H,3-9H2,1-2H3. The van der Waals surface area contributed by atoms with E-state index >= 15 is 0 Å². The summed E-state index contributed by atoms with van der Waals surface area (Å²) in [4.78, 5) is 0. The molecule has 1 saturated carbocycles. The first-order chi connectivity index (χ1) is 9.19. The fraction of sp³-hybridized carbons (Fsp3) is 0.857. The van der Waals surface area contributed by atoms with Crippen molar-refractivity contribution in [3.05, 3.63) is 11.1 Å². The smallest absolute Gasteiger partial charge is 0.225 e. The first kappa shape index (κ1) is 13.4. The highest BCUT2D eigenvalue weighted by atomic mass is 35.5. The highest BCUT2D eigenvalue weighted by Gasteiger charge is 2.39. The Morgan fingerprint density at radius 2 is 2.00 bits per heavy atom. The molecule has 19 heavy (non-hydrogen) atoms. The molecule has 0 N–H and O–H groups in total.